The molecule has 4 aliphatic carbocycles. The number of nitrogens with zero attached hydrogens (tertiary/aromatic N) is 1. The zero-order valence-electron chi connectivity index (χ0n) is 71.0. The number of hydrogen-bond donors (Lipinski definition) is 11. The summed E-state index contributed by atoms with van der Waals surface area (Å²) >= 11 is 0. The van der Waals surface area contributed by atoms with Crippen LogP contribution in [0.4, 0.5) is 8.78 Å². The van der Waals surface area contributed by atoms with Gasteiger partial charge < -0.3 is 56.8 Å². The van der Waals surface area contributed by atoms with E-state index in [0.29, 0.717) is 57.3 Å². The molecule has 656 valence electrons. The van der Waals surface area contributed by atoms with Crippen molar-refractivity contribution < 1.29 is 88.0 Å². The molecule has 4 saturated carbocycles. The van der Waals surface area contributed by atoms with Crippen molar-refractivity contribution in [3.63, 3.8) is 0 Å². The summed E-state index contributed by atoms with van der Waals surface area (Å²) in [7, 11) is 1.96. The molecule has 11 N–H and O–H groups in total. The molecule has 23 heteroatoms. The van der Waals surface area contributed by atoms with E-state index in [1.54, 1.807) is 12.1 Å². The molecule has 0 heterocycles. The first kappa shape index (κ1) is 102. The van der Waals surface area contributed by atoms with Crippen molar-refractivity contribution in [3.05, 3.63) is 141 Å². The second-order valence-electron chi connectivity index (χ2n) is 33.8. The zero-order chi connectivity index (χ0) is 84.9. The second-order valence-corrected chi connectivity index (χ2v) is 33.8. The van der Waals surface area contributed by atoms with E-state index in [4.69, 9.17) is 0 Å². The van der Waals surface area contributed by atoms with Gasteiger partial charge in [0.1, 0.15) is 0 Å². The molecule has 0 amide bonds. The lowest BCUT2D eigenvalue weighted by Gasteiger charge is -2.26. The van der Waals surface area contributed by atoms with Crippen LogP contribution in [0.15, 0.2) is 84.9 Å². The van der Waals surface area contributed by atoms with Gasteiger partial charge in [0.2, 0.25) is 0 Å². The van der Waals surface area contributed by atoms with Crippen molar-refractivity contribution in [1.82, 2.24) is 20.9 Å². The van der Waals surface area contributed by atoms with Crippen LogP contribution in [0, 0.1) is 33.3 Å². The lowest BCUT2D eigenvalue weighted by Crippen LogP contribution is -2.39. The van der Waals surface area contributed by atoms with Crippen molar-refractivity contribution in [2.45, 2.75) is 367 Å². The summed E-state index contributed by atoms with van der Waals surface area (Å²) in [5.41, 5.74) is 1.40. The van der Waals surface area contributed by atoms with E-state index in [0.717, 1.165) is 49.7 Å². The van der Waals surface area contributed by atoms with Gasteiger partial charge in [0.25, 0.3) is 0 Å². The van der Waals surface area contributed by atoms with Crippen LogP contribution < -0.4 is 16.0 Å². The third-order valence-electron chi connectivity index (χ3n) is 25.0. The van der Waals surface area contributed by atoms with E-state index in [9.17, 15) is 88.0 Å². The van der Waals surface area contributed by atoms with E-state index in [1.165, 1.54) is 189 Å². The Kier molecular flexibility index (Phi) is 47.7. The van der Waals surface area contributed by atoms with Crippen LogP contribution in [0.1, 0.15) is 335 Å². The second kappa shape index (κ2) is 54.7. The molecule has 0 aromatic heterocycles. The van der Waals surface area contributed by atoms with Crippen molar-refractivity contribution in [2.75, 3.05) is 7.05 Å². The molecular weight excluding hydrogens is 1510 g/mol. The number of aliphatic carboxylic acids is 8. The molecule has 8 rings (SSSR count). The monoisotopic (exact) mass is 1660 g/mol. The van der Waals surface area contributed by atoms with Gasteiger partial charge in [-0.3, -0.25) is 43.3 Å². The number of benzene rings is 4. The third-order valence-corrected chi connectivity index (χ3v) is 25.0. The molecule has 0 saturated heterocycles. The van der Waals surface area contributed by atoms with E-state index in [2.05, 4.69) is 121 Å². The van der Waals surface area contributed by atoms with E-state index in [-0.39, 0.29) is 100 Å². The maximum atomic E-state index is 14.5. The fraction of sp³-hybridized carbons (Fsp3) is 0.660. The summed E-state index contributed by atoms with van der Waals surface area (Å²) in [5, 5.41) is 84.2. The van der Waals surface area contributed by atoms with Gasteiger partial charge in [-0.15, -0.1) is 12.4 Å². The quantitative estimate of drug-likeness (QED) is 0.0144. The van der Waals surface area contributed by atoms with Gasteiger partial charge in [-0.05, 0) is 174 Å². The smallest absolute Gasteiger partial charge is 0.321 e. The summed E-state index contributed by atoms with van der Waals surface area (Å²) in [5.74, 6) is -11.7. The SMILES string of the molecule is CCCCCCCCCCc1ccc(CNC2CCC(C(=O)O)(C(=O)O)C2)cc1.CCCCCCCCCc1ccc(CN(C)C2CCC(C(=O)O)(C(=O)O)C2)cc1.CCCCCCCCCc1ccc(CNC2CCC(C(=O)O)(C(=O)O)C2)c(F)c1F.CCCCCCCCCc1ccc(CNC2CCC(C(=O)O)(C(=O)O)C2)cc1.Cl. The molecule has 4 fully saturated rings. The predicted octanol–water partition coefficient (Wildman–Crippen LogP) is 20.5. The number of hydrogen-bond acceptors (Lipinski definition) is 12. The van der Waals surface area contributed by atoms with Gasteiger partial charge in [-0.1, -0.05) is 273 Å². The number of unbranched alkanes of at least 4 members (excludes halogenated alkanes) is 25. The minimum Gasteiger partial charge on any atom is -0.480 e. The Morgan fingerprint density at radius 2 is 0.556 bits per heavy atom. The highest BCUT2D eigenvalue weighted by Crippen LogP contribution is 2.43. The van der Waals surface area contributed by atoms with Crippen molar-refractivity contribution >= 4 is 60.2 Å². The Hall–Kier alpha value is -7.37. The molecule has 4 unspecified atom stereocenters. The molecule has 4 aromatic rings. The first-order valence-corrected chi connectivity index (χ1v) is 44.1. The van der Waals surface area contributed by atoms with Gasteiger partial charge in [0.15, 0.2) is 33.3 Å². The maximum absolute atomic E-state index is 14.5. The zero-order valence-corrected chi connectivity index (χ0v) is 71.8. The van der Waals surface area contributed by atoms with Crippen LogP contribution in [-0.4, -0.2) is 125 Å². The van der Waals surface area contributed by atoms with Crippen LogP contribution in [0.25, 0.3) is 0 Å². The Balaban J connectivity index is 0.000000327. The van der Waals surface area contributed by atoms with Crippen LogP contribution >= 0.6 is 12.4 Å². The summed E-state index contributed by atoms with van der Waals surface area (Å²) in [6.07, 6.45) is 43.8. The molecule has 0 bridgehead atoms. The average Bonchev–Trinajstić information content (AvgIpc) is 1.69. The molecule has 0 spiro atoms. The number of carbonyl (C=O) groups is 8. The number of halogens is 3. The Bertz CT molecular complexity index is 3540. The highest BCUT2D eigenvalue weighted by molar-refractivity contribution is 6.00. The number of nitrogens with one attached hydrogen (secondary N) is 3. The summed E-state index contributed by atoms with van der Waals surface area (Å²) in [4.78, 5) is 93.4. The van der Waals surface area contributed by atoms with E-state index >= 15 is 0 Å². The fourth-order valence-corrected chi connectivity index (χ4v) is 16.9. The maximum Gasteiger partial charge on any atom is 0.321 e. The molecule has 0 radical (unpaired) electrons. The van der Waals surface area contributed by atoms with E-state index < -0.39 is 81.0 Å². The average molecular weight is 1660 g/mol. The highest BCUT2D eigenvalue weighted by atomic mass is 35.5. The summed E-state index contributed by atoms with van der Waals surface area (Å²) in [6.45, 7) is 10.9. The summed E-state index contributed by atoms with van der Waals surface area (Å²) < 4.78 is 28.9. The Labute approximate surface area is 702 Å². The normalized spacial score (nSPS) is 17.9. The number of carboxylic acid groups (broad SMARTS) is 8. The third kappa shape index (κ3) is 33.6. The molecule has 4 aliphatic rings. The molecule has 0 aliphatic heterocycles. The van der Waals surface area contributed by atoms with Crippen molar-refractivity contribution in [3.8, 4) is 0 Å². The summed E-state index contributed by atoms with van der Waals surface area (Å²) in [6, 6.07) is 28.4. The lowest BCUT2D eigenvalue weighted by atomic mass is 9.86. The Morgan fingerprint density at radius 1 is 0.316 bits per heavy atom. The standard InChI is InChI=1S/2C24H37NO4.C23H33F2NO4.C23H35NO4.ClH/c1-3-4-5-6-7-8-9-10-19-11-13-20(14-12-19)18-25(2)21-15-16-24(17-21,22(26)27)23(28)29;1-2-3-4-5-6-7-8-9-10-19-11-13-20(14-12-19)18-25-21-15-16-24(17-21,22(26)27)23(28)29;1-2-3-4-5-6-7-8-9-16-10-11-17(20(25)19(16)24)15-26-18-12-13-23(14-18,21(27)28)22(29)30;1-2-3-4-5-6-7-8-9-18-10-12-19(13-11-18)17-24-20-14-15-23(16-20,21(25)26)22(27)28;/h11-14,21H,3-10,15-18H2,1-2H3,(H,26,27)(H,28,29);11-14,21,25H,2-10,15-18H2,1H3,(H,26,27)(H,28,29);10-11,18,26H,2-9,12-15H2,1H3,(H,27,28)(H,29,30);10-13,20,24H,2-9,14-17H2,1H3,(H,25,26)(H,27,28);1H. The minimum atomic E-state index is -1.80. The molecule has 4 atom stereocenters. The topological polar surface area (TPSA) is 338 Å². The minimum absolute atomic E-state index is 0. The highest BCUT2D eigenvalue weighted by Gasteiger charge is 2.55. The molecule has 4 aromatic carbocycles. The van der Waals surface area contributed by atoms with Crippen LogP contribution in [0.5, 0.6) is 0 Å². The van der Waals surface area contributed by atoms with Crippen LogP contribution in [0.2, 0.25) is 0 Å². The van der Waals surface area contributed by atoms with Crippen LogP contribution in [0.3, 0.4) is 0 Å². The molecule has 117 heavy (non-hydrogen) atoms. The predicted molar refractivity (Wildman–Crippen MR) is 458 cm³/mol. The fourth-order valence-electron chi connectivity index (χ4n) is 16.9. The number of carboxylic acids is 8. The first-order chi connectivity index (χ1) is 55.6. The van der Waals surface area contributed by atoms with Crippen LogP contribution in [-0.2, 0) is 90.2 Å². The van der Waals surface area contributed by atoms with Gasteiger partial charge in [-0.25, -0.2) is 8.78 Å². The number of rotatable bonds is 53. The van der Waals surface area contributed by atoms with Gasteiger partial charge in [0, 0.05) is 55.9 Å². The van der Waals surface area contributed by atoms with E-state index in [1.807, 2.05) is 7.05 Å². The largest absolute Gasteiger partial charge is 0.480 e. The molecule has 20 nitrogen and oxygen atoms in total. The molecular formula is C94H143ClF2N4O16. The number of aryl methyl sites for hydroxylation is 4. The van der Waals surface area contributed by atoms with Gasteiger partial charge in [0.05, 0.1) is 0 Å². The van der Waals surface area contributed by atoms with Crippen molar-refractivity contribution in [2.24, 2.45) is 21.7 Å². The first-order valence-electron chi connectivity index (χ1n) is 44.1. The lowest BCUT2D eigenvalue weighted by molar-refractivity contribution is -0.166. The van der Waals surface area contributed by atoms with Gasteiger partial charge >= 0.3 is 47.8 Å². The van der Waals surface area contributed by atoms with Gasteiger partial charge in [-0.2, -0.15) is 0 Å². The van der Waals surface area contributed by atoms with Crippen molar-refractivity contribution in [1.29, 1.82) is 0 Å². The Morgan fingerprint density at radius 3 is 0.846 bits per heavy atom.